The molecular weight excluding hydrogens is 246 g/mol. The van der Waals surface area contributed by atoms with Gasteiger partial charge in [0.25, 0.3) is 0 Å². The second-order valence-electron chi connectivity index (χ2n) is 4.97. The van der Waals surface area contributed by atoms with Crippen LogP contribution in [-0.2, 0) is 0 Å². The van der Waals surface area contributed by atoms with Gasteiger partial charge in [-0.1, -0.05) is 0 Å². The first-order chi connectivity index (χ1) is 9.08. The largest absolute Gasteiger partial charge is 0.461 e. The molecule has 1 atom stereocenters. The lowest BCUT2D eigenvalue weighted by Gasteiger charge is -2.13. The maximum atomic E-state index is 9.81. The number of aliphatic hydroxyl groups is 1. The predicted molar refractivity (Wildman–Crippen MR) is 72.4 cm³/mol. The van der Waals surface area contributed by atoms with Crippen LogP contribution >= 0.6 is 0 Å². The zero-order valence-corrected chi connectivity index (χ0v) is 11.6. The van der Waals surface area contributed by atoms with E-state index in [2.05, 4.69) is 25.6 Å². The molecule has 3 N–H and O–H groups in total. The maximum Gasteiger partial charge on any atom is 0.323 e. The molecule has 0 aliphatic heterocycles. The fourth-order valence-corrected chi connectivity index (χ4v) is 1.65. The molecule has 0 bridgehead atoms. The second kappa shape index (κ2) is 6.01. The van der Waals surface area contributed by atoms with Crippen molar-refractivity contribution in [2.45, 2.75) is 38.9 Å². The SMILES string of the molecule is CNc1nc(NCC(O)C2CC2)nc(OC(C)C)n1. The lowest BCUT2D eigenvalue weighted by atomic mass is 10.2. The summed E-state index contributed by atoms with van der Waals surface area (Å²) in [6.45, 7) is 4.26. The average molecular weight is 267 g/mol. The van der Waals surface area contributed by atoms with E-state index < -0.39 is 0 Å². The fourth-order valence-electron chi connectivity index (χ4n) is 1.65. The highest BCUT2D eigenvalue weighted by Gasteiger charge is 2.29. The number of aliphatic hydroxyl groups excluding tert-OH is 1. The van der Waals surface area contributed by atoms with Crippen LogP contribution in [0.25, 0.3) is 0 Å². The Morgan fingerprint density at radius 3 is 2.53 bits per heavy atom. The Hall–Kier alpha value is -1.63. The van der Waals surface area contributed by atoms with Crippen molar-refractivity contribution in [1.82, 2.24) is 15.0 Å². The predicted octanol–water partition coefficient (Wildman–Crippen LogP) is 0.883. The first-order valence-corrected chi connectivity index (χ1v) is 6.61. The van der Waals surface area contributed by atoms with Crippen LogP contribution in [0.2, 0.25) is 0 Å². The van der Waals surface area contributed by atoms with Crippen molar-refractivity contribution >= 4 is 11.9 Å². The van der Waals surface area contributed by atoms with Gasteiger partial charge in [-0.25, -0.2) is 0 Å². The summed E-state index contributed by atoms with van der Waals surface area (Å²) < 4.78 is 5.46. The summed E-state index contributed by atoms with van der Waals surface area (Å²) >= 11 is 0. The van der Waals surface area contributed by atoms with Crippen LogP contribution in [0.1, 0.15) is 26.7 Å². The third-order valence-corrected chi connectivity index (χ3v) is 2.82. The molecule has 1 unspecified atom stereocenters. The van der Waals surface area contributed by atoms with Crippen molar-refractivity contribution in [2.75, 3.05) is 24.2 Å². The quantitative estimate of drug-likeness (QED) is 0.675. The minimum atomic E-state index is -0.343. The molecule has 7 heteroatoms. The van der Waals surface area contributed by atoms with Gasteiger partial charge in [0.1, 0.15) is 0 Å². The van der Waals surface area contributed by atoms with Crippen LogP contribution in [0, 0.1) is 5.92 Å². The molecule has 0 spiro atoms. The van der Waals surface area contributed by atoms with Crippen molar-refractivity contribution in [1.29, 1.82) is 0 Å². The van der Waals surface area contributed by atoms with Gasteiger partial charge in [-0.05, 0) is 32.6 Å². The molecule has 7 nitrogen and oxygen atoms in total. The fraction of sp³-hybridized carbons (Fsp3) is 0.750. The molecule has 19 heavy (non-hydrogen) atoms. The molecule has 0 amide bonds. The number of aromatic nitrogens is 3. The lowest BCUT2D eigenvalue weighted by molar-refractivity contribution is 0.164. The van der Waals surface area contributed by atoms with E-state index in [-0.39, 0.29) is 18.2 Å². The standard InChI is InChI=1S/C12H21N5O2/c1-7(2)19-12-16-10(13-3)15-11(17-12)14-6-9(18)8-4-5-8/h7-9,18H,4-6H2,1-3H3,(H2,13,14,15,16,17). The second-order valence-corrected chi connectivity index (χ2v) is 4.97. The van der Waals surface area contributed by atoms with Gasteiger partial charge in [-0.15, -0.1) is 0 Å². The summed E-state index contributed by atoms with van der Waals surface area (Å²) in [5, 5.41) is 15.7. The van der Waals surface area contributed by atoms with E-state index in [9.17, 15) is 5.11 Å². The number of nitrogens with zero attached hydrogens (tertiary/aromatic N) is 3. The summed E-state index contributed by atoms with van der Waals surface area (Å²) in [4.78, 5) is 12.5. The van der Waals surface area contributed by atoms with E-state index in [4.69, 9.17) is 4.74 Å². The third kappa shape index (κ3) is 4.20. The normalized spacial score (nSPS) is 16.3. The number of nitrogens with one attached hydrogen (secondary N) is 2. The molecule has 1 aromatic heterocycles. The topological polar surface area (TPSA) is 92.2 Å². The first-order valence-electron chi connectivity index (χ1n) is 6.61. The van der Waals surface area contributed by atoms with Gasteiger partial charge < -0.3 is 20.5 Å². The molecule has 1 aliphatic carbocycles. The van der Waals surface area contributed by atoms with Crippen molar-refractivity contribution < 1.29 is 9.84 Å². The van der Waals surface area contributed by atoms with E-state index in [0.717, 1.165) is 12.8 Å². The van der Waals surface area contributed by atoms with Crippen LogP contribution in [0.15, 0.2) is 0 Å². The van der Waals surface area contributed by atoms with Gasteiger partial charge in [0.15, 0.2) is 0 Å². The number of ether oxygens (including phenoxy) is 1. The van der Waals surface area contributed by atoms with Gasteiger partial charge in [-0.2, -0.15) is 15.0 Å². The molecule has 1 heterocycles. The van der Waals surface area contributed by atoms with Crippen molar-refractivity contribution in [3.8, 4) is 6.01 Å². The van der Waals surface area contributed by atoms with Crippen molar-refractivity contribution in [3.63, 3.8) is 0 Å². The van der Waals surface area contributed by atoms with Gasteiger partial charge in [0, 0.05) is 13.6 Å². The summed E-state index contributed by atoms with van der Waals surface area (Å²) in [5.41, 5.74) is 0. The number of hydrogen-bond donors (Lipinski definition) is 3. The minimum Gasteiger partial charge on any atom is -0.461 e. The van der Waals surface area contributed by atoms with Crippen LogP contribution in [0.3, 0.4) is 0 Å². The van der Waals surface area contributed by atoms with Crippen LogP contribution in [-0.4, -0.2) is 45.9 Å². The molecule has 1 aliphatic rings. The Bertz CT molecular complexity index is 423. The van der Waals surface area contributed by atoms with Crippen LogP contribution in [0.5, 0.6) is 6.01 Å². The number of hydrogen-bond acceptors (Lipinski definition) is 7. The monoisotopic (exact) mass is 267 g/mol. The molecular formula is C12H21N5O2. The van der Waals surface area contributed by atoms with Crippen molar-refractivity contribution in [2.24, 2.45) is 5.92 Å². The molecule has 1 aromatic rings. The van der Waals surface area contributed by atoms with Gasteiger partial charge >= 0.3 is 6.01 Å². The van der Waals surface area contributed by atoms with Gasteiger partial charge in [0.2, 0.25) is 11.9 Å². The summed E-state index contributed by atoms with van der Waals surface area (Å²) in [6, 6.07) is 0.276. The Kier molecular flexibility index (Phi) is 4.36. The van der Waals surface area contributed by atoms with E-state index in [1.54, 1.807) is 7.05 Å². The van der Waals surface area contributed by atoms with Crippen LogP contribution in [0.4, 0.5) is 11.9 Å². The highest BCUT2D eigenvalue weighted by atomic mass is 16.5. The minimum absolute atomic E-state index is 0.00277. The zero-order chi connectivity index (χ0) is 13.8. The molecule has 0 saturated heterocycles. The van der Waals surface area contributed by atoms with E-state index in [1.807, 2.05) is 13.8 Å². The zero-order valence-electron chi connectivity index (χ0n) is 11.6. The van der Waals surface area contributed by atoms with Gasteiger partial charge in [0.05, 0.1) is 12.2 Å². The maximum absolute atomic E-state index is 9.81. The van der Waals surface area contributed by atoms with Crippen LogP contribution < -0.4 is 15.4 Å². The molecule has 1 fully saturated rings. The lowest BCUT2D eigenvalue weighted by Crippen LogP contribution is -2.23. The van der Waals surface area contributed by atoms with Gasteiger partial charge in [-0.3, -0.25) is 0 Å². The third-order valence-electron chi connectivity index (χ3n) is 2.82. The summed E-state index contributed by atoms with van der Waals surface area (Å²) in [6.07, 6.45) is 1.86. The number of anilines is 2. The molecule has 0 aromatic carbocycles. The Balaban J connectivity index is 2.00. The average Bonchev–Trinajstić information content (AvgIpc) is 3.19. The summed E-state index contributed by atoms with van der Waals surface area (Å²) in [7, 11) is 1.73. The number of rotatable bonds is 7. The summed E-state index contributed by atoms with van der Waals surface area (Å²) in [5.74, 6) is 1.27. The molecule has 106 valence electrons. The van der Waals surface area contributed by atoms with E-state index in [1.165, 1.54) is 0 Å². The molecule has 0 radical (unpaired) electrons. The highest BCUT2D eigenvalue weighted by Crippen LogP contribution is 2.32. The Morgan fingerprint density at radius 2 is 1.95 bits per heavy atom. The first kappa shape index (κ1) is 13.8. The molecule has 1 saturated carbocycles. The van der Waals surface area contributed by atoms with E-state index in [0.29, 0.717) is 24.4 Å². The smallest absolute Gasteiger partial charge is 0.323 e. The Labute approximate surface area is 112 Å². The highest BCUT2D eigenvalue weighted by molar-refractivity contribution is 5.35. The Morgan fingerprint density at radius 1 is 1.26 bits per heavy atom. The van der Waals surface area contributed by atoms with E-state index >= 15 is 0 Å². The van der Waals surface area contributed by atoms with Crippen molar-refractivity contribution in [3.05, 3.63) is 0 Å². The molecule has 2 rings (SSSR count).